The summed E-state index contributed by atoms with van der Waals surface area (Å²) in [6, 6.07) is 8.07. The first-order valence-corrected chi connectivity index (χ1v) is 9.48. The Labute approximate surface area is 176 Å². The lowest BCUT2D eigenvalue weighted by Gasteiger charge is -2.15. The maximum atomic E-state index is 12.6. The van der Waals surface area contributed by atoms with Crippen molar-refractivity contribution in [2.24, 2.45) is 0 Å². The number of ketones is 1. The zero-order valence-electron chi connectivity index (χ0n) is 16.8. The van der Waals surface area contributed by atoms with Crippen molar-refractivity contribution in [3.05, 3.63) is 53.9 Å². The molecule has 7 nitrogen and oxygen atoms in total. The highest BCUT2D eigenvalue weighted by Crippen LogP contribution is 2.34. The number of benzene rings is 2. The quantitative estimate of drug-likeness (QED) is 0.363. The molecule has 31 heavy (non-hydrogen) atoms. The molecular formula is C22H21F2NO6. The summed E-state index contributed by atoms with van der Waals surface area (Å²) in [5, 5.41) is 19.3. The number of aromatic nitrogens is 1. The van der Waals surface area contributed by atoms with Crippen LogP contribution in [0.1, 0.15) is 36.3 Å². The van der Waals surface area contributed by atoms with Gasteiger partial charge in [0.1, 0.15) is 17.8 Å². The maximum absolute atomic E-state index is 12.6. The summed E-state index contributed by atoms with van der Waals surface area (Å²) in [4.78, 5) is 16.6. The minimum Gasteiger partial charge on any atom is -0.508 e. The number of phenols is 2. The van der Waals surface area contributed by atoms with E-state index in [4.69, 9.17) is 9.15 Å². The van der Waals surface area contributed by atoms with Crippen molar-refractivity contribution in [3.63, 3.8) is 0 Å². The number of carbonyl (C=O) groups excluding carboxylic acids is 1. The van der Waals surface area contributed by atoms with Crippen molar-refractivity contribution in [1.82, 2.24) is 4.98 Å². The van der Waals surface area contributed by atoms with Crippen LogP contribution >= 0.6 is 0 Å². The second kappa shape index (κ2) is 9.46. The van der Waals surface area contributed by atoms with Crippen LogP contribution in [-0.4, -0.2) is 33.7 Å². The van der Waals surface area contributed by atoms with Crippen molar-refractivity contribution in [2.45, 2.75) is 39.4 Å². The fourth-order valence-electron chi connectivity index (χ4n) is 2.86. The van der Waals surface area contributed by atoms with Gasteiger partial charge in [-0.15, -0.1) is 0 Å². The predicted molar refractivity (Wildman–Crippen MR) is 107 cm³/mol. The van der Waals surface area contributed by atoms with Gasteiger partial charge in [-0.05, 0) is 50.2 Å². The molecule has 3 rings (SSSR count). The molecule has 0 aliphatic carbocycles. The molecule has 3 aromatic rings. The Morgan fingerprint density at radius 1 is 1.10 bits per heavy atom. The highest BCUT2D eigenvalue weighted by molar-refractivity contribution is 5.99. The topological polar surface area (TPSA) is 102 Å². The third-order valence-corrected chi connectivity index (χ3v) is 4.21. The predicted octanol–water partition coefficient (Wildman–Crippen LogP) is 4.96. The van der Waals surface area contributed by atoms with E-state index in [2.05, 4.69) is 9.72 Å². The Balaban J connectivity index is 1.74. The Hall–Kier alpha value is -3.62. The second-order valence-electron chi connectivity index (χ2n) is 6.98. The first-order valence-electron chi connectivity index (χ1n) is 9.48. The fraction of sp³-hybridized carbons (Fsp3) is 0.273. The molecule has 0 aliphatic heterocycles. The molecule has 0 unspecified atom stereocenters. The first kappa shape index (κ1) is 22.1. The lowest BCUT2D eigenvalue weighted by molar-refractivity contribution is -0.0518. The van der Waals surface area contributed by atoms with Gasteiger partial charge in [-0.25, -0.2) is 4.98 Å². The third-order valence-electron chi connectivity index (χ3n) is 4.21. The van der Waals surface area contributed by atoms with Gasteiger partial charge < -0.3 is 24.1 Å². The number of rotatable bonds is 9. The number of hydrogen-bond donors (Lipinski definition) is 2. The van der Waals surface area contributed by atoms with Gasteiger partial charge in [-0.2, -0.15) is 8.78 Å². The van der Waals surface area contributed by atoms with Crippen LogP contribution < -0.4 is 9.47 Å². The second-order valence-corrected chi connectivity index (χ2v) is 6.98. The Morgan fingerprint density at radius 2 is 1.87 bits per heavy atom. The zero-order valence-corrected chi connectivity index (χ0v) is 16.8. The molecule has 1 heterocycles. The third kappa shape index (κ3) is 5.71. The Morgan fingerprint density at radius 3 is 2.58 bits per heavy atom. The van der Waals surface area contributed by atoms with E-state index in [0.717, 1.165) is 0 Å². The molecule has 0 bridgehead atoms. The number of alkyl halides is 2. The number of oxazole rings is 1. The summed E-state index contributed by atoms with van der Waals surface area (Å²) >= 11 is 0. The van der Waals surface area contributed by atoms with Crippen molar-refractivity contribution in [2.75, 3.05) is 0 Å². The number of carbonyl (C=O) groups is 1. The molecule has 1 aromatic heterocycles. The minimum absolute atomic E-state index is 0.0220. The number of Topliss-reactive ketones (excluding diaryl/α,β-unsaturated/α-hetero) is 1. The van der Waals surface area contributed by atoms with Crippen LogP contribution in [0.2, 0.25) is 0 Å². The summed E-state index contributed by atoms with van der Waals surface area (Å²) < 4.78 is 40.7. The van der Waals surface area contributed by atoms with Crippen LogP contribution in [0, 0.1) is 0 Å². The van der Waals surface area contributed by atoms with Crippen LogP contribution in [0.25, 0.3) is 11.5 Å². The number of aryl methyl sites for hydroxylation is 1. The van der Waals surface area contributed by atoms with Crippen molar-refractivity contribution in [3.8, 4) is 34.5 Å². The standard InChI is InChI=1S/C22H21F2NO6/c1-12(2)30-20-9-13(3-8-19(20)31-22(23)24)21-25-14(11-29-21)4-6-17(27)16-10-15(26)5-7-18(16)28/h3,5,7-12,22,26,28H,4,6H2,1-2H3. The fourth-order valence-corrected chi connectivity index (χ4v) is 2.86. The smallest absolute Gasteiger partial charge is 0.387 e. The Bertz CT molecular complexity index is 1060. The highest BCUT2D eigenvalue weighted by Gasteiger charge is 2.17. The van der Waals surface area contributed by atoms with Crippen LogP contribution in [-0.2, 0) is 6.42 Å². The number of nitrogens with zero attached hydrogens (tertiary/aromatic N) is 1. The molecule has 0 radical (unpaired) electrons. The average Bonchev–Trinajstić information content (AvgIpc) is 3.17. The number of ether oxygens (including phenoxy) is 2. The average molecular weight is 433 g/mol. The number of phenolic OH excluding ortho intramolecular Hbond substituents is 2. The number of hydrogen-bond acceptors (Lipinski definition) is 7. The lowest BCUT2D eigenvalue weighted by Crippen LogP contribution is -2.09. The summed E-state index contributed by atoms with van der Waals surface area (Å²) in [7, 11) is 0. The first-order chi connectivity index (χ1) is 14.7. The molecule has 0 aliphatic rings. The monoisotopic (exact) mass is 433 g/mol. The molecule has 9 heteroatoms. The number of aromatic hydroxyl groups is 2. The largest absolute Gasteiger partial charge is 0.508 e. The van der Waals surface area contributed by atoms with Gasteiger partial charge >= 0.3 is 6.61 Å². The molecular weight excluding hydrogens is 412 g/mol. The van der Waals surface area contributed by atoms with Gasteiger partial charge in [0.25, 0.3) is 0 Å². The summed E-state index contributed by atoms with van der Waals surface area (Å²) in [6.45, 7) is 0.518. The van der Waals surface area contributed by atoms with Gasteiger partial charge in [0, 0.05) is 18.4 Å². The van der Waals surface area contributed by atoms with E-state index in [0.29, 0.717) is 11.3 Å². The molecule has 2 aromatic carbocycles. The molecule has 0 saturated carbocycles. The Kier molecular flexibility index (Phi) is 6.74. The summed E-state index contributed by atoms with van der Waals surface area (Å²) in [6.07, 6.45) is 1.39. The number of halogens is 2. The van der Waals surface area contributed by atoms with Crippen LogP contribution in [0.3, 0.4) is 0 Å². The van der Waals surface area contributed by atoms with Gasteiger partial charge in [0.15, 0.2) is 17.3 Å². The molecule has 2 N–H and O–H groups in total. The molecule has 0 spiro atoms. The van der Waals surface area contributed by atoms with Crippen molar-refractivity contribution in [1.29, 1.82) is 0 Å². The van der Waals surface area contributed by atoms with Crippen LogP contribution in [0.5, 0.6) is 23.0 Å². The van der Waals surface area contributed by atoms with Crippen molar-refractivity contribution >= 4 is 5.78 Å². The lowest BCUT2D eigenvalue weighted by atomic mass is 10.0. The van der Waals surface area contributed by atoms with E-state index in [1.807, 2.05) is 0 Å². The van der Waals surface area contributed by atoms with Gasteiger partial charge in [-0.1, -0.05) is 0 Å². The highest BCUT2D eigenvalue weighted by atomic mass is 19.3. The molecule has 164 valence electrons. The molecule has 0 atom stereocenters. The van der Waals surface area contributed by atoms with Gasteiger partial charge in [-0.3, -0.25) is 4.79 Å². The summed E-state index contributed by atoms with van der Waals surface area (Å²) in [5.41, 5.74) is 0.997. The normalized spacial score (nSPS) is 11.2. The van der Waals surface area contributed by atoms with E-state index in [1.54, 1.807) is 13.8 Å². The van der Waals surface area contributed by atoms with Crippen LogP contribution in [0.4, 0.5) is 8.78 Å². The van der Waals surface area contributed by atoms with Gasteiger partial charge in [0.05, 0.1) is 17.4 Å². The molecule has 0 amide bonds. The summed E-state index contributed by atoms with van der Waals surface area (Å²) in [5.74, 6) is -0.451. The van der Waals surface area contributed by atoms with Crippen molar-refractivity contribution < 1.29 is 37.7 Å². The van der Waals surface area contributed by atoms with E-state index in [9.17, 15) is 23.8 Å². The van der Waals surface area contributed by atoms with E-state index < -0.39 is 6.61 Å². The zero-order chi connectivity index (χ0) is 22.5. The SMILES string of the molecule is CC(C)Oc1cc(-c2nc(CCC(=O)c3cc(O)ccc3O)co2)ccc1OC(F)F. The molecule has 0 fully saturated rings. The van der Waals surface area contributed by atoms with Crippen LogP contribution in [0.15, 0.2) is 47.1 Å². The van der Waals surface area contributed by atoms with E-state index in [-0.39, 0.29) is 59.2 Å². The van der Waals surface area contributed by atoms with E-state index in [1.165, 1.54) is 42.7 Å². The minimum atomic E-state index is -2.99. The maximum Gasteiger partial charge on any atom is 0.387 e. The molecule has 0 saturated heterocycles. The van der Waals surface area contributed by atoms with Gasteiger partial charge in [0.2, 0.25) is 5.89 Å². The van der Waals surface area contributed by atoms with E-state index >= 15 is 0 Å².